The standard InChI is InChI=1S/C12H21N3OS2/c1-3-5-13-11(10-4-6-16-7-10)8-17-12-14-9(2)15-18-12/h10-11,13H,3-8H2,1-2H3. The number of rotatable bonds is 7. The molecule has 0 amide bonds. The van der Waals surface area contributed by atoms with Gasteiger partial charge in [0.1, 0.15) is 5.82 Å². The lowest BCUT2D eigenvalue weighted by molar-refractivity contribution is 0.179. The molecule has 2 atom stereocenters. The van der Waals surface area contributed by atoms with Crippen molar-refractivity contribution >= 4 is 23.3 Å². The van der Waals surface area contributed by atoms with Crippen LogP contribution in [-0.4, -0.2) is 40.9 Å². The zero-order valence-corrected chi connectivity index (χ0v) is 12.6. The maximum Gasteiger partial charge on any atom is 0.170 e. The van der Waals surface area contributed by atoms with Crippen LogP contribution in [0.5, 0.6) is 0 Å². The van der Waals surface area contributed by atoms with E-state index >= 15 is 0 Å². The molecule has 0 spiro atoms. The minimum atomic E-state index is 0.529. The van der Waals surface area contributed by atoms with Crippen molar-refractivity contribution < 1.29 is 4.74 Å². The Labute approximate surface area is 117 Å². The molecule has 1 aromatic heterocycles. The molecule has 6 heteroatoms. The zero-order valence-electron chi connectivity index (χ0n) is 11.0. The van der Waals surface area contributed by atoms with E-state index in [2.05, 4.69) is 21.6 Å². The largest absolute Gasteiger partial charge is 0.381 e. The van der Waals surface area contributed by atoms with Gasteiger partial charge in [-0.25, -0.2) is 4.98 Å². The van der Waals surface area contributed by atoms with Gasteiger partial charge in [0.15, 0.2) is 4.34 Å². The fraction of sp³-hybridized carbons (Fsp3) is 0.833. The van der Waals surface area contributed by atoms with Crippen LogP contribution < -0.4 is 5.32 Å². The number of thioether (sulfide) groups is 1. The molecule has 0 bridgehead atoms. The van der Waals surface area contributed by atoms with Gasteiger partial charge < -0.3 is 10.1 Å². The molecular formula is C12H21N3OS2. The molecule has 0 aromatic carbocycles. The normalized spacial score (nSPS) is 21.3. The lowest BCUT2D eigenvalue weighted by Crippen LogP contribution is -2.39. The monoisotopic (exact) mass is 287 g/mol. The van der Waals surface area contributed by atoms with Crippen LogP contribution in [0.1, 0.15) is 25.6 Å². The Morgan fingerprint density at radius 2 is 2.50 bits per heavy atom. The van der Waals surface area contributed by atoms with E-state index in [9.17, 15) is 0 Å². The van der Waals surface area contributed by atoms with Crippen molar-refractivity contribution in [1.82, 2.24) is 14.7 Å². The van der Waals surface area contributed by atoms with Gasteiger partial charge in [-0.15, -0.1) is 0 Å². The van der Waals surface area contributed by atoms with Crippen LogP contribution in [0.15, 0.2) is 4.34 Å². The summed E-state index contributed by atoms with van der Waals surface area (Å²) in [6, 6.07) is 0.529. The maximum absolute atomic E-state index is 5.50. The first-order valence-electron chi connectivity index (χ1n) is 6.54. The highest BCUT2D eigenvalue weighted by molar-refractivity contribution is 8.00. The molecule has 0 aliphatic carbocycles. The van der Waals surface area contributed by atoms with Crippen molar-refractivity contribution in [1.29, 1.82) is 0 Å². The molecule has 1 aliphatic rings. The first-order valence-corrected chi connectivity index (χ1v) is 8.29. The topological polar surface area (TPSA) is 47.0 Å². The minimum Gasteiger partial charge on any atom is -0.381 e. The summed E-state index contributed by atoms with van der Waals surface area (Å²) in [6.07, 6.45) is 2.35. The Hall–Kier alpha value is -0.170. The number of nitrogens with one attached hydrogen (secondary N) is 1. The third-order valence-corrected chi connectivity index (χ3v) is 5.13. The van der Waals surface area contributed by atoms with Gasteiger partial charge in [-0.3, -0.25) is 0 Å². The Kier molecular flexibility index (Phi) is 5.88. The van der Waals surface area contributed by atoms with Crippen LogP contribution in [0.4, 0.5) is 0 Å². The van der Waals surface area contributed by atoms with Crippen molar-refractivity contribution in [2.24, 2.45) is 5.92 Å². The second-order valence-corrected chi connectivity index (χ2v) is 6.62. The van der Waals surface area contributed by atoms with Crippen LogP contribution in [0, 0.1) is 12.8 Å². The van der Waals surface area contributed by atoms with E-state index in [4.69, 9.17) is 4.74 Å². The fourth-order valence-electron chi connectivity index (χ4n) is 2.06. The van der Waals surface area contributed by atoms with Gasteiger partial charge in [0.05, 0.1) is 6.61 Å². The Morgan fingerprint density at radius 3 is 3.11 bits per heavy atom. The molecule has 18 heavy (non-hydrogen) atoms. The van der Waals surface area contributed by atoms with Crippen molar-refractivity contribution in [3.63, 3.8) is 0 Å². The Bertz CT molecular complexity index is 353. The van der Waals surface area contributed by atoms with E-state index in [0.717, 1.165) is 35.7 Å². The summed E-state index contributed by atoms with van der Waals surface area (Å²) in [6.45, 7) is 7.04. The number of hydrogen-bond acceptors (Lipinski definition) is 6. The molecule has 1 saturated heterocycles. The summed E-state index contributed by atoms with van der Waals surface area (Å²) in [5.74, 6) is 2.59. The van der Waals surface area contributed by atoms with E-state index in [-0.39, 0.29) is 0 Å². The fourth-order valence-corrected chi connectivity index (χ4v) is 3.92. The summed E-state index contributed by atoms with van der Waals surface area (Å²) >= 11 is 3.31. The van der Waals surface area contributed by atoms with Crippen LogP contribution >= 0.6 is 23.3 Å². The molecule has 4 nitrogen and oxygen atoms in total. The molecular weight excluding hydrogens is 266 g/mol. The zero-order chi connectivity index (χ0) is 12.8. The summed E-state index contributed by atoms with van der Waals surface area (Å²) in [5.41, 5.74) is 0. The highest BCUT2D eigenvalue weighted by Gasteiger charge is 2.25. The Balaban J connectivity index is 1.83. The molecule has 0 saturated carbocycles. The number of hydrogen-bond donors (Lipinski definition) is 1. The van der Waals surface area contributed by atoms with Gasteiger partial charge in [-0.1, -0.05) is 18.7 Å². The van der Waals surface area contributed by atoms with E-state index in [1.54, 1.807) is 0 Å². The molecule has 2 unspecified atom stereocenters. The molecule has 1 aliphatic heterocycles. The highest BCUT2D eigenvalue weighted by Crippen LogP contribution is 2.25. The van der Waals surface area contributed by atoms with Gasteiger partial charge in [-0.2, -0.15) is 4.37 Å². The second-order valence-electron chi connectivity index (χ2n) is 4.60. The second kappa shape index (κ2) is 7.43. The van der Waals surface area contributed by atoms with Gasteiger partial charge >= 0.3 is 0 Å². The van der Waals surface area contributed by atoms with Gasteiger partial charge in [0.2, 0.25) is 0 Å². The summed E-state index contributed by atoms with van der Waals surface area (Å²) in [5, 5.41) is 3.64. The molecule has 2 rings (SSSR count). The SMILES string of the molecule is CCCNC(CSc1nc(C)ns1)C1CCOC1. The predicted octanol–water partition coefficient (Wildman–Crippen LogP) is 2.34. The van der Waals surface area contributed by atoms with E-state index in [0.29, 0.717) is 12.0 Å². The van der Waals surface area contributed by atoms with Crippen LogP contribution in [-0.2, 0) is 4.74 Å². The number of aromatic nitrogens is 2. The van der Waals surface area contributed by atoms with Crippen LogP contribution in [0.3, 0.4) is 0 Å². The summed E-state index contributed by atoms with van der Waals surface area (Å²) in [4.78, 5) is 4.40. The minimum absolute atomic E-state index is 0.529. The van der Waals surface area contributed by atoms with Crippen molar-refractivity contribution in [2.45, 2.75) is 37.1 Å². The first-order chi connectivity index (χ1) is 8.79. The van der Waals surface area contributed by atoms with Gasteiger partial charge in [-0.05, 0) is 37.8 Å². The summed E-state index contributed by atoms with van der Waals surface area (Å²) < 4.78 is 10.8. The average Bonchev–Trinajstić information content (AvgIpc) is 3.01. The third kappa shape index (κ3) is 4.19. The molecule has 1 aromatic rings. The maximum atomic E-state index is 5.50. The molecule has 1 fully saturated rings. The van der Waals surface area contributed by atoms with Gasteiger partial charge in [0.25, 0.3) is 0 Å². The van der Waals surface area contributed by atoms with Crippen molar-refractivity contribution in [3.8, 4) is 0 Å². The average molecular weight is 287 g/mol. The summed E-state index contributed by atoms with van der Waals surface area (Å²) in [7, 11) is 0. The Morgan fingerprint density at radius 1 is 1.61 bits per heavy atom. The predicted molar refractivity (Wildman–Crippen MR) is 76.4 cm³/mol. The quantitative estimate of drug-likeness (QED) is 0.780. The number of aryl methyl sites for hydroxylation is 1. The molecule has 2 heterocycles. The third-order valence-electron chi connectivity index (χ3n) is 3.09. The molecule has 0 radical (unpaired) electrons. The number of nitrogens with zero attached hydrogens (tertiary/aromatic N) is 2. The highest BCUT2D eigenvalue weighted by atomic mass is 32.2. The van der Waals surface area contributed by atoms with Crippen LogP contribution in [0.25, 0.3) is 0 Å². The van der Waals surface area contributed by atoms with E-state index < -0.39 is 0 Å². The lowest BCUT2D eigenvalue weighted by Gasteiger charge is -2.22. The first kappa shape index (κ1) is 14.2. The van der Waals surface area contributed by atoms with Crippen molar-refractivity contribution in [2.75, 3.05) is 25.5 Å². The molecule has 102 valence electrons. The van der Waals surface area contributed by atoms with Crippen LogP contribution in [0.2, 0.25) is 0 Å². The van der Waals surface area contributed by atoms with E-state index in [1.807, 2.05) is 18.7 Å². The smallest absolute Gasteiger partial charge is 0.170 e. The number of ether oxygens (including phenoxy) is 1. The van der Waals surface area contributed by atoms with Crippen molar-refractivity contribution in [3.05, 3.63) is 5.82 Å². The van der Waals surface area contributed by atoms with Gasteiger partial charge in [0, 0.05) is 24.3 Å². The lowest BCUT2D eigenvalue weighted by atomic mass is 10.0. The molecule has 1 N–H and O–H groups in total. The van der Waals surface area contributed by atoms with E-state index in [1.165, 1.54) is 24.4 Å².